The molecule has 0 aliphatic heterocycles. The molecule has 1 heterocycles. The van der Waals surface area contributed by atoms with E-state index >= 15 is 0 Å². The minimum Gasteiger partial charge on any atom is -0.324 e. The Kier molecular flexibility index (Phi) is 2.41. The monoisotopic (exact) mass is 174 g/mol. The van der Waals surface area contributed by atoms with E-state index in [1.54, 1.807) is 0 Å². The Hall–Kier alpha value is -1.15. The van der Waals surface area contributed by atoms with Crippen LogP contribution < -0.4 is 5.73 Å². The standard InChI is InChI=1S/C11H14N2/c12-10-5-4-9(7-10)8-11-3-1-2-6-13-11/h1-3,6-7,10H,4-5,8,12H2. The van der Waals surface area contributed by atoms with Crippen molar-refractivity contribution in [1.29, 1.82) is 0 Å². The molecule has 1 aliphatic rings. The van der Waals surface area contributed by atoms with Crippen molar-refractivity contribution >= 4 is 0 Å². The van der Waals surface area contributed by atoms with Crippen LogP contribution in [0.1, 0.15) is 18.5 Å². The fourth-order valence-corrected chi connectivity index (χ4v) is 1.70. The van der Waals surface area contributed by atoms with Crippen molar-refractivity contribution in [2.24, 2.45) is 5.73 Å². The van der Waals surface area contributed by atoms with Gasteiger partial charge >= 0.3 is 0 Å². The van der Waals surface area contributed by atoms with Gasteiger partial charge in [-0.25, -0.2) is 0 Å². The van der Waals surface area contributed by atoms with E-state index in [1.165, 1.54) is 5.57 Å². The van der Waals surface area contributed by atoms with E-state index in [4.69, 9.17) is 5.73 Å². The molecular weight excluding hydrogens is 160 g/mol. The predicted molar refractivity (Wildman–Crippen MR) is 53.2 cm³/mol. The zero-order valence-electron chi connectivity index (χ0n) is 7.61. The van der Waals surface area contributed by atoms with Gasteiger partial charge in [0.05, 0.1) is 0 Å². The Morgan fingerprint density at radius 3 is 3.00 bits per heavy atom. The molecule has 1 atom stereocenters. The summed E-state index contributed by atoms with van der Waals surface area (Å²) in [5, 5.41) is 0. The van der Waals surface area contributed by atoms with Gasteiger partial charge in [0.15, 0.2) is 0 Å². The predicted octanol–water partition coefficient (Wildman–Crippen LogP) is 1.67. The Morgan fingerprint density at radius 2 is 2.38 bits per heavy atom. The van der Waals surface area contributed by atoms with Crippen LogP contribution in [0.2, 0.25) is 0 Å². The van der Waals surface area contributed by atoms with Gasteiger partial charge in [0.25, 0.3) is 0 Å². The zero-order valence-corrected chi connectivity index (χ0v) is 7.61. The van der Waals surface area contributed by atoms with E-state index in [2.05, 4.69) is 17.1 Å². The SMILES string of the molecule is NC1C=C(Cc2ccccn2)CC1. The Balaban J connectivity index is 2.03. The van der Waals surface area contributed by atoms with Crippen molar-refractivity contribution in [3.8, 4) is 0 Å². The number of rotatable bonds is 2. The maximum atomic E-state index is 5.78. The average Bonchev–Trinajstić information content (AvgIpc) is 2.53. The summed E-state index contributed by atoms with van der Waals surface area (Å²) in [5.74, 6) is 0. The summed E-state index contributed by atoms with van der Waals surface area (Å²) in [4.78, 5) is 4.29. The third-order valence-corrected chi connectivity index (χ3v) is 2.38. The first kappa shape index (κ1) is 8.45. The number of hydrogen-bond donors (Lipinski definition) is 1. The summed E-state index contributed by atoms with van der Waals surface area (Å²) < 4.78 is 0. The molecule has 1 aliphatic carbocycles. The van der Waals surface area contributed by atoms with Crippen LogP contribution in [0.3, 0.4) is 0 Å². The third kappa shape index (κ3) is 2.16. The number of aromatic nitrogens is 1. The van der Waals surface area contributed by atoms with Crippen LogP contribution in [0.4, 0.5) is 0 Å². The van der Waals surface area contributed by atoms with Crippen LogP contribution in [0.25, 0.3) is 0 Å². The van der Waals surface area contributed by atoms with Crippen LogP contribution in [0, 0.1) is 0 Å². The smallest absolute Gasteiger partial charge is 0.0444 e. The molecule has 0 spiro atoms. The lowest BCUT2D eigenvalue weighted by Crippen LogP contribution is -2.11. The highest BCUT2D eigenvalue weighted by Gasteiger charge is 2.11. The van der Waals surface area contributed by atoms with Crippen molar-refractivity contribution in [3.63, 3.8) is 0 Å². The van der Waals surface area contributed by atoms with E-state index in [9.17, 15) is 0 Å². The van der Waals surface area contributed by atoms with Crippen LogP contribution in [0.15, 0.2) is 36.0 Å². The Bertz CT molecular complexity index is 303. The number of pyridine rings is 1. The second-order valence-corrected chi connectivity index (χ2v) is 3.53. The minimum absolute atomic E-state index is 0.277. The van der Waals surface area contributed by atoms with Gasteiger partial charge in [-0.05, 0) is 25.0 Å². The molecule has 1 aromatic heterocycles. The van der Waals surface area contributed by atoms with E-state index in [-0.39, 0.29) is 6.04 Å². The maximum absolute atomic E-state index is 5.78. The van der Waals surface area contributed by atoms with E-state index in [0.29, 0.717) is 0 Å². The maximum Gasteiger partial charge on any atom is 0.0444 e. The van der Waals surface area contributed by atoms with Gasteiger partial charge in [-0.15, -0.1) is 0 Å². The molecule has 2 heteroatoms. The van der Waals surface area contributed by atoms with Crippen molar-refractivity contribution in [2.45, 2.75) is 25.3 Å². The first-order valence-corrected chi connectivity index (χ1v) is 4.69. The van der Waals surface area contributed by atoms with Gasteiger partial charge in [-0.2, -0.15) is 0 Å². The van der Waals surface area contributed by atoms with Crippen molar-refractivity contribution < 1.29 is 0 Å². The average molecular weight is 174 g/mol. The molecule has 2 rings (SSSR count). The van der Waals surface area contributed by atoms with E-state index < -0.39 is 0 Å². The fraction of sp³-hybridized carbons (Fsp3) is 0.364. The molecule has 13 heavy (non-hydrogen) atoms. The van der Waals surface area contributed by atoms with E-state index in [1.807, 2.05) is 18.3 Å². The molecule has 0 aromatic carbocycles. The minimum atomic E-state index is 0.277. The third-order valence-electron chi connectivity index (χ3n) is 2.38. The summed E-state index contributed by atoms with van der Waals surface area (Å²) in [6.07, 6.45) is 7.22. The molecule has 1 aromatic rings. The van der Waals surface area contributed by atoms with E-state index in [0.717, 1.165) is 25.0 Å². The molecule has 0 amide bonds. The van der Waals surface area contributed by atoms with Crippen LogP contribution >= 0.6 is 0 Å². The molecule has 0 saturated carbocycles. The van der Waals surface area contributed by atoms with Gasteiger partial charge in [0.2, 0.25) is 0 Å². The van der Waals surface area contributed by atoms with Crippen LogP contribution in [-0.4, -0.2) is 11.0 Å². The molecular formula is C11H14N2. The topological polar surface area (TPSA) is 38.9 Å². The molecule has 68 valence electrons. The largest absolute Gasteiger partial charge is 0.324 e. The fourth-order valence-electron chi connectivity index (χ4n) is 1.70. The van der Waals surface area contributed by atoms with Gasteiger partial charge in [-0.1, -0.05) is 17.7 Å². The number of allylic oxidation sites excluding steroid dienone is 1. The quantitative estimate of drug-likeness (QED) is 0.693. The van der Waals surface area contributed by atoms with Crippen molar-refractivity contribution in [1.82, 2.24) is 4.98 Å². The highest BCUT2D eigenvalue weighted by molar-refractivity contribution is 5.20. The highest BCUT2D eigenvalue weighted by Crippen LogP contribution is 2.19. The van der Waals surface area contributed by atoms with Gasteiger partial charge in [0, 0.05) is 24.4 Å². The summed E-state index contributed by atoms with van der Waals surface area (Å²) in [6, 6.07) is 6.31. The number of nitrogens with zero attached hydrogens (tertiary/aromatic N) is 1. The highest BCUT2D eigenvalue weighted by atomic mass is 14.7. The van der Waals surface area contributed by atoms with Crippen molar-refractivity contribution in [3.05, 3.63) is 41.7 Å². The van der Waals surface area contributed by atoms with Gasteiger partial charge in [0.1, 0.15) is 0 Å². The molecule has 0 bridgehead atoms. The second-order valence-electron chi connectivity index (χ2n) is 3.53. The first-order valence-electron chi connectivity index (χ1n) is 4.69. The molecule has 0 saturated heterocycles. The second kappa shape index (κ2) is 3.71. The molecule has 0 radical (unpaired) electrons. The molecule has 2 N–H and O–H groups in total. The molecule has 0 fully saturated rings. The lowest BCUT2D eigenvalue weighted by atomic mass is 10.1. The van der Waals surface area contributed by atoms with Crippen LogP contribution in [0.5, 0.6) is 0 Å². The summed E-state index contributed by atoms with van der Waals surface area (Å²) in [7, 11) is 0. The Labute approximate surface area is 78.5 Å². The zero-order chi connectivity index (χ0) is 9.10. The van der Waals surface area contributed by atoms with Crippen molar-refractivity contribution in [2.75, 3.05) is 0 Å². The van der Waals surface area contributed by atoms with Gasteiger partial charge in [-0.3, -0.25) is 4.98 Å². The number of nitrogens with two attached hydrogens (primary N) is 1. The summed E-state index contributed by atoms with van der Waals surface area (Å²) >= 11 is 0. The summed E-state index contributed by atoms with van der Waals surface area (Å²) in [5.41, 5.74) is 8.36. The van der Waals surface area contributed by atoms with Gasteiger partial charge < -0.3 is 5.73 Å². The summed E-state index contributed by atoms with van der Waals surface area (Å²) in [6.45, 7) is 0. The molecule has 2 nitrogen and oxygen atoms in total. The normalized spacial score (nSPS) is 21.6. The lowest BCUT2D eigenvalue weighted by Gasteiger charge is -1.99. The lowest BCUT2D eigenvalue weighted by molar-refractivity contribution is 0.768. The first-order chi connectivity index (χ1) is 6.34. The molecule has 1 unspecified atom stereocenters. The number of hydrogen-bond acceptors (Lipinski definition) is 2. The van der Waals surface area contributed by atoms with Crippen LogP contribution in [-0.2, 0) is 6.42 Å². The Morgan fingerprint density at radius 1 is 1.46 bits per heavy atom.